The summed E-state index contributed by atoms with van der Waals surface area (Å²) in [4.78, 5) is 39.1. The van der Waals surface area contributed by atoms with Crippen molar-refractivity contribution in [2.24, 2.45) is 29.6 Å². The second-order valence-corrected chi connectivity index (χ2v) is 28.9. The van der Waals surface area contributed by atoms with Crippen molar-refractivity contribution in [2.45, 2.75) is 298 Å². The molecule has 5 saturated carbocycles. The van der Waals surface area contributed by atoms with E-state index in [1.807, 2.05) is 0 Å². The van der Waals surface area contributed by atoms with Gasteiger partial charge in [0.25, 0.3) is 0 Å². The number of esters is 3. The third-order valence-corrected chi connectivity index (χ3v) is 21.6. The number of allylic oxidation sites excluding steroid dienone is 3. The van der Waals surface area contributed by atoms with Gasteiger partial charge in [-0.3, -0.25) is 0 Å². The lowest BCUT2D eigenvalue weighted by atomic mass is 9.72. The summed E-state index contributed by atoms with van der Waals surface area (Å²) in [5, 5.41) is 216. The van der Waals surface area contributed by atoms with Gasteiger partial charge in [0.15, 0.2) is 37.4 Å². The Balaban J connectivity index is 0.818. The molecule has 35 heteroatoms. The Morgan fingerprint density at radius 2 is 0.782 bits per heavy atom. The van der Waals surface area contributed by atoms with Gasteiger partial charge in [0.1, 0.15) is 124 Å². The third-order valence-electron chi connectivity index (χ3n) is 21.6. The molecule has 17 unspecified atom stereocenters. The maximum Gasteiger partial charge on any atom is 0.330 e. The number of ether oxygens (including phenoxy) is 12. The lowest BCUT2D eigenvalue weighted by Gasteiger charge is -2.50. The van der Waals surface area contributed by atoms with Crippen molar-refractivity contribution < 1.29 is 173 Å². The van der Waals surface area contributed by atoms with Gasteiger partial charge < -0.3 is 159 Å². The number of carbonyl (C=O) groups is 3. The van der Waals surface area contributed by atoms with E-state index in [1.54, 1.807) is 0 Å². The van der Waals surface area contributed by atoms with Crippen LogP contribution in [0, 0.1) is 29.6 Å². The highest BCUT2D eigenvalue weighted by atomic mass is 16.8. The maximum atomic E-state index is 13.6. The molecule has 0 aromatic rings. The van der Waals surface area contributed by atoms with E-state index in [4.69, 9.17) is 56.8 Å². The smallest absolute Gasteiger partial charge is 0.330 e. The second-order valence-electron chi connectivity index (χ2n) is 28.9. The fourth-order valence-corrected chi connectivity index (χ4v) is 15.7. The van der Waals surface area contributed by atoms with Crippen molar-refractivity contribution in [1.29, 1.82) is 0 Å². The lowest BCUT2D eigenvalue weighted by molar-refractivity contribution is -0.390. The molecular weight excluding hydrogens is 1350 g/mol. The van der Waals surface area contributed by atoms with Gasteiger partial charge in [-0.15, -0.1) is 0 Å². The molecule has 37 atom stereocenters. The van der Waals surface area contributed by atoms with Crippen molar-refractivity contribution >= 4 is 17.9 Å². The first kappa shape index (κ1) is 80.0. The van der Waals surface area contributed by atoms with Gasteiger partial charge >= 0.3 is 17.9 Å². The second kappa shape index (κ2) is 35.9. The third kappa shape index (κ3) is 20.0. The van der Waals surface area contributed by atoms with Gasteiger partial charge in [0, 0.05) is 37.0 Å². The molecule has 0 radical (unpaired) electrons. The molecule has 0 bridgehead atoms. The molecule has 5 aliphatic heterocycles. The predicted molar refractivity (Wildman–Crippen MR) is 332 cm³/mol. The molecule has 10 aliphatic rings. The van der Waals surface area contributed by atoms with Crippen LogP contribution in [0.1, 0.15) is 96.3 Å². The van der Waals surface area contributed by atoms with Gasteiger partial charge in [0.05, 0.1) is 73.6 Å². The summed E-state index contributed by atoms with van der Waals surface area (Å²) >= 11 is 0. The quantitative estimate of drug-likeness (QED) is 0.0207. The van der Waals surface area contributed by atoms with Crippen LogP contribution in [-0.4, -0.2) is 353 Å². The van der Waals surface area contributed by atoms with E-state index >= 15 is 0 Å². The fourth-order valence-electron chi connectivity index (χ4n) is 15.7. The largest absolute Gasteiger partial charge is 0.460 e. The molecule has 0 aromatic heterocycles. The monoisotopic (exact) mass is 1460 g/mol. The fraction of sp³-hybridized carbons (Fsp3) is 0.864. The van der Waals surface area contributed by atoms with Crippen LogP contribution >= 0.6 is 0 Å². The van der Waals surface area contributed by atoms with Crippen molar-refractivity contribution in [1.82, 2.24) is 0 Å². The number of rotatable bonds is 22. The molecule has 5 heterocycles. The van der Waals surface area contributed by atoms with Gasteiger partial charge in [-0.1, -0.05) is 18.2 Å². The zero-order valence-corrected chi connectivity index (χ0v) is 55.4. The van der Waals surface area contributed by atoms with E-state index in [-0.39, 0.29) is 88.9 Å². The Labute approximate surface area is 580 Å². The molecular formula is C66H103O35+. The summed E-state index contributed by atoms with van der Waals surface area (Å²) in [5.74, 6) is -5.13. The molecule has 5 aliphatic carbocycles. The Morgan fingerprint density at radius 1 is 0.356 bits per heavy atom. The van der Waals surface area contributed by atoms with Crippen molar-refractivity contribution in [2.75, 3.05) is 26.4 Å². The summed E-state index contributed by atoms with van der Waals surface area (Å²) < 4.78 is 70.2. The van der Waals surface area contributed by atoms with Crippen LogP contribution in [0.2, 0.25) is 0 Å². The van der Waals surface area contributed by atoms with E-state index < -0.39 is 264 Å². The first-order valence-electron chi connectivity index (χ1n) is 35.1. The molecule has 35 nitrogen and oxygen atoms in total. The van der Waals surface area contributed by atoms with Crippen LogP contribution in [0.3, 0.4) is 0 Å². The van der Waals surface area contributed by atoms with Gasteiger partial charge in [0.2, 0.25) is 0 Å². The van der Waals surface area contributed by atoms with Crippen molar-refractivity contribution in [3.63, 3.8) is 0 Å². The highest BCUT2D eigenvalue weighted by molar-refractivity contribution is 5.82. The Hall–Kier alpha value is -3.53. The van der Waals surface area contributed by atoms with Crippen LogP contribution in [0.25, 0.3) is 0 Å². The highest BCUT2D eigenvalue weighted by Gasteiger charge is 2.59. The van der Waals surface area contributed by atoms with Crippen LogP contribution in [0.15, 0.2) is 36.5 Å². The first-order valence-corrected chi connectivity index (χ1v) is 35.1. The molecule has 10 fully saturated rings. The van der Waals surface area contributed by atoms with E-state index in [1.165, 1.54) is 18.2 Å². The van der Waals surface area contributed by atoms with Gasteiger partial charge in [-0.05, 0) is 101 Å². The average molecular weight is 1460 g/mol. The lowest BCUT2D eigenvalue weighted by Crippen LogP contribution is -2.66. The van der Waals surface area contributed by atoms with Crippen LogP contribution in [0.5, 0.6) is 0 Å². The molecule has 0 spiro atoms. The van der Waals surface area contributed by atoms with E-state index in [0.717, 1.165) is 18.2 Å². The molecule has 576 valence electrons. The Bertz CT molecular complexity index is 2720. The summed E-state index contributed by atoms with van der Waals surface area (Å²) in [7, 11) is 0. The highest BCUT2D eigenvalue weighted by Crippen LogP contribution is 2.45. The van der Waals surface area contributed by atoms with E-state index in [0.29, 0.717) is 19.3 Å². The summed E-state index contributed by atoms with van der Waals surface area (Å²) in [6.07, 6.45) is -39.0. The number of hydrogen-bond acceptors (Lipinski definition) is 34. The van der Waals surface area contributed by atoms with Crippen LogP contribution in [0.4, 0.5) is 0 Å². The minimum atomic E-state index is -2.12. The Kier molecular flexibility index (Phi) is 28.5. The summed E-state index contributed by atoms with van der Waals surface area (Å²) in [6, 6.07) is 0. The van der Waals surface area contributed by atoms with Crippen LogP contribution in [-0.2, 0) is 66.5 Å². The molecule has 0 amide bonds. The first-order chi connectivity index (χ1) is 48.0. The maximum absolute atomic E-state index is 13.6. The SMILES string of the molecule is O=C(C=CC1CCC(O[C@H]2O[C@H](COC(=O)C=CC3CC(O)CC(O)C3)[C@@H](O)[C@H](O)[C@H]2O)C(O)C1)OC[C@@H]1O[C@@H](OC2CC3C(O[C@H]4O[C@H](CO)[C@H](O)[C@@H](O)[C@@H]4O)CC(O)CC3[OH+]C2C2CCC(O)C(O)C2)[C@@H](O[C@@H]2O[C@H](COC(=O)C=CC3CCC(O)C(O)C3)[C@H](O)[C@@H](O)[C@@H]2O)[C@@H](O)[C@H]1O. The minimum Gasteiger partial charge on any atom is -0.460 e. The molecule has 101 heavy (non-hydrogen) atoms. The molecule has 5 saturated heterocycles. The normalized spacial score (nSPS) is 48.7. The average Bonchev–Trinajstić information content (AvgIpc) is 0.763. The predicted octanol–water partition coefficient (Wildman–Crippen LogP) is -8.15. The number of aliphatic hydroxyl groups is 22. The number of fused-ring (bicyclic) bond motifs is 1. The van der Waals surface area contributed by atoms with E-state index in [9.17, 15) is 117 Å². The minimum absolute atomic E-state index is 0.00828. The topological polar surface area (TPSA) is 570 Å². The van der Waals surface area contributed by atoms with Gasteiger partial charge in [-0.25, -0.2) is 14.4 Å². The molecule has 10 rings (SSSR count). The standard InChI is InChI=1S/C66H102O35/c67-22-43-50(79)54(83)58(87)64(97-43)95-41-20-32(70)19-40-33(41)21-42(61(93-40)29-6-8-35(72)37(74)17-29)96-66-62(101-65-60(89)56(85)52(81)45(99-65)24-90-47(76)10-3-26-1-7-34(71)36(73)15-26)57(86)53(82)46(100-66)25-92-48(77)11-4-27-2-9-39(38(75)16-27)94-63-59(88)55(84)51(80)44(98-63)23-91-49(78)12-5-28-13-30(68)18-31(69)14-28/h3-5,10-12,26-46,50-75,79-89H,1-2,6-9,13-25H2/p+1/t26?,27?,28?,29?,30?,31?,32?,33?,34?,35?,36?,37?,38?,39?,40?,41?,42?,43-,44-,45-,46+,50+,51-,52+,53+,54-,55+,56-,57+,58+,59-,60+,61?,62+,63+,64+,65+,66-/m1/s1. The molecule has 0 aromatic carbocycles. The number of hydrogen-bond donors (Lipinski definition) is 20. The molecule has 21 N–H and O–H groups in total. The van der Waals surface area contributed by atoms with Crippen molar-refractivity contribution in [3.05, 3.63) is 36.5 Å². The zero-order valence-electron chi connectivity index (χ0n) is 55.4. The Morgan fingerprint density at radius 3 is 1.30 bits per heavy atom. The number of aliphatic hydroxyl groups excluding tert-OH is 20. The van der Waals surface area contributed by atoms with E-state index in [2.05, 4.69) is 0 Å². The summed E-state index contributed by atoms with van der Waals surface area (Å²) in [6.45, 7) is -2.89. The van der Waals surface area contributed by atoms with Crippen molar-refractivity contribution in [3.8, 4) is 0 Å². The van der Waals surface area contributed by atoms with Crippen LogP contribution < -0.4 is 0 Å². The zero-order chi connectivity index (χ0) is 72.8. The number of carbonyl (C=O) groups excluding carboxylic acids is 3. The van der Waals surface area contributed by atoms with Gasteiger partial charge in [-0.2, -0.15) is 0 Å². The summed E-state index contributed by atoms with van der Waals surface area (Å²) in [5.41, 5.74) is 0.